The van der Waals surface area contributed by atoms with Gasteiger partial charge in [-0.1, -0.05) is 23.2 Å². The highest BCUT2D eigenvalue weighted by atomic mass is 35.5. The molecule has 0 aliphatic rings. The second-order valence-electron chi connectivity index (χ2n) is 2.31. The van der Waals surface area contributed by atoms with Crippen molar-refractivity contribution in [2.75, 3.05) is 0 Å². The van der Waals surface area contributed by atoms with E-state index in [0.29, 0.717) is 0 Å². The minimum atomic E-state index is -6.00. The third kappa shape index (κ3) is 6.42. The lowest BCUT2D eigenvalue weighted by molar-refractivity contribution is 0.368. The molecule has 10 heteroatoms. The highest BCUT2D eigenvalue weighted by Crippen LogP contribution is 2.29. The van der Waals surface area contributed by atoms with Crippen molar-refractivity contribution in [1.82, 2.24) is 0 Å². The van der Waals surface area contributed by atoms with Crippen molar-refractivity contribution < 1.29 is 21.7 Å². The SMILES string of the molecule is F[B-](F)(F)F.N#[N+]c1cc(F)c(Cl)cc1Cl. The number of nitrogens with zero attached hydrogens (tertiary/aromatic N) is 2. The van der Waals surface area contributed by atoms with E-state index < -0.39 is 13.1 Å². The zero-order valence-corrected chi connectivity index (χ0v) is 8.78. The molecule has 0 bridgehead atoms. The van der Waals surface area contributed by atoms with Crippen LogP contribution in [0.4, 0.5) is 27.3 Å². The first kappa shape index (κ1) is 14.9. The van der Waals surface area contributed by atoms with E-state index >= 15 is 0 Å². The quantitative estimate of drug-likeness (QED) is 0.287. The van der Waals surface area contributed by atoms with Crippen molar-refractivity contribution in [2.45, 2.75) is 0 Å². The highest BCUT2D eigenvalue weighted by Gasteiger charge is 2.20. The van der Waals surface area contributed by atoms with Crippen LogP contribution in [0.25, 0.3) is 4.98 Å². The molecule has 0 N–H and O–H groups in total. The van der Waals surface area contributed by atoms with Gasteiger partial charge in [-0.3, -0.25) is 0 Å². The van der Waals surface area contributed by atoms with E-state index in [-0.39, 0.29) is 15.7 Å². The van der Waals surface area contributed by atoms with Gasteiger partial charge in [0.15, 0.2) is 4.98 Å². The van der Waals surface area contributed by atoms with Crippen LogP contribution in [0.2, 0.25) is 10.0 Å². The van der Waals surface area contributed by atoms with Crippen LogP contribution in [-0.2, 0) is 0 Å². The number of hydrogen-bond donors (Lipinski definition) is 0. The zero-order chi connectivity index (χ0) is 12.9. The van der Waals surface area contributed by atoms with Gasteiger partial charge in [-0.15, -0.1) is 0 Å². The molecule has 2 nitrogen and oxygen atoms in total. The number of rotatable bonds is 0. The molecule has 0 amide bonds. The summed E-state index contributed by atoms with van der Waals surface area (Å²) in [6.07, 6.45) is 0. The van der Waals surface area contributed by atoms with Crippen LogP contribution >= 0.6 is 23.2 Å². The summed E-state index contributed by atoms with van der Waals surface area (Å²) in [5, 5.41) is 8.28. The molecule has 1 rings (SSSR count). The Morgan fingerprint density at radius 1 is 1.06 bits per heavy atom. The van der Waals surface area contributed by atoms with E-state index in [2.05, 4.69) is 4.98 Å². The molecule has 0 aliphatic heterocycles. The van der Waals surface area contributed by atoms with Gasteiger partial charge < -0.3 is 17.3 Å². The summed E-state index contributed by atoms with van der Waals surface area (Å²) in [4.78, 5) is 2.74. The van der Waals surface area contributed by atoms with Crippen LogP contribution in [0.15, 0.2) is 12.1 Å². The van der Waals surface area contributed by atoms with Crippen molar-refractivity contribution in [1.29, 1.82) is 5.39 Å². The summed E-state index contributed by atoms with van der Waals surface area (Å²) < 4.78 is 51.6. The van der Waals surface area contributed by atoms with Crippen LogP contribution in [0.3, 0.4) is 0 Å². The Kier molecular flexibility index (Phi) is 5.48. The van der Waals surface area contributed by atoms with Crippen LogP contribution in [0.5, 0.6) is 0 Å². The second-order valence-corrected chi connectivity index (χ2v) is 3.13. The molecule has 0 aliphatic carbocycles. The van der Waals surface area contributed by atoms with Gasteiger partial charge in [0.25, 0.3) is 0 Å². The molecule has 0 saturated carbocycles. The second kappa shape index (κ2) is 5.87. The van der Waals surface area contributed by atoms with E-state index in [0.717, 1.165) is 6.07 Å². The molecule has 0 heterocycles. The fourth-order valence-corrected chi connectivity index (χ4v) is 1.01. The summed E-state index contributed by atoms with van der Waals surface area (Å²) in [6, 6.07) is 2.12. The Hall–Kier alpha value is -1.07. The molecule has 16 heavy (non-hydrogen) atoms. The van der Waals surface area contributed by atoms with Crippen molar-refractivity contribution in [2.24, 2.45) is 0 Å². The van der Waals surface area contributed by atoms with Gasteiger partial charge in [-0.05, 0) is 6.07 Å². The Bertz CT molecular complexity index is 411. The number of hydrogen-bond acceptors (Lipinski definition) is 1. The lowest BCUT2D eigenvalue weighted by Gasteiger charge is -1.94. The van der Waals surface area contributed by atoms with Gasteiger partial charge in [-0.25, -0.2) is 4.39 Å². The molecule has 0 unspecified atom stereocenters. The lowest BCUT2D eigenvalue weighted by atomic mass is 10.3. The van der Waals surface area contributed by atoms with Crippen LogP contribution in [-0.4, -0.2) is 7.25 Å². The summed E-state index contributed by atoms with van der Waals surface area (Å²) in [5.41, 5.74) is -0.0337. The van der Waals surface area contributed by atoms with E-state index in [1.807, 2.05) is 0 Å². The highest BCUT2D eigenvalue weighted by molar-refractivity contribution is 6.50. The predicted octanol–water partition coefficient (Wildman–Crippen LogP) is 4.92. The molecule has 0 saturated heterocycles. The minimum absolute atomic E-state index is 0.0337. The molecule has 0 radical (unpaired) electrons. The average molecular weight is 279 g/mol. The first-order valence-corrected chi connectivity index (χ1v) is 4.27. The smallest absolute Gasteiger partial charge is 0.418 e. The molecule has 0 spiro atoms. The summed E-state index contributed by atoms with van der Waals surface area (Å²) in [7, 11) is -6.00. The zero-order valence-electron chi connectivity index (χ0n) is 7.27. The summed E-state index contributed by atoms with van der Waals surface area (Å²) >= 11 is 10.9. The topological polar surface area (TPSA) is 28.1 Å². The Balaban J connectivity index is 0.000000385. The van der Waals surface area contributed by atoms with Gasteiger partial charge in [-0.2, -0.15) is 0 Å². The summed E-state index contributed by atoms with van der Waals surface area (Å²) in [5.74, 6) is -0.663. The fourth-order valence-electron chi connectivity index (χ4n) is 0.589. The standard InChI is InChI=1S/C6H2Cl2FN2.BF4/c7-3-1-4(8)6(11-10)2-5(3)9;2-1(3,4)5/h1-2H;/q+1;-1. The molecule has 0 atom stereocenters. The molecule has 0 fully saturated rings. The summed E-state index contributed by atoms with van der Waals surface area (Å²) in [6.45, 7) is 0. The van der Waals surface area contributed by atoms with E-state index in [1.165, 1.54) is 6.07 Å². The normalized spacial score (nSPS) is 10.1. The third-order valence-electron chi connectivity index (χ3n) is 1.10. The molecule has 1 aromatic rings. The van der Waals surface area contributed by atoms with Gasteiger partial charge in [0, 0.05) is 0 Å². The minimum Gasteiger partial charge on any atom is -0.418 e. The van der Waals surface area contributed by atoms with E-state index in [4.69, 9.17) is 28.6 Å². The first-order valence-electron chi connectivity index (χ1n) is 3.52. The van der Waals surface area contributed by atoms with Gasteiger partial charge >= 0.3 is 12.9 Å². The number of halogens is 7. The predicted molar refractivity (Wildman–Crippen MR) is 51.4 cm³/mol. The third-order valence-corrected chi connectivity index (χ3v) is 1.69. The van der Waals surface area contributed by atoms with Gasteiger partial charge in [0.05, 0.1) is 11.1 Å². The number of diazo groups is 1. The Morgan fingerprint density at radius 2 is 1.50 bits per heavy atom. The molecular weight excluding hydrogens is 277 g/mol. The molecular formula is C6H2BCl2F5N2. The fraction of sp³-hybridized carbons (Fsp3) is 0. The maximum Gasteiger partial charge on any atom is 0.673 e. The van der Waals surface area contributed by atoms with Crippen molar-refractivity contribution >= 4 is 36.1 Å². The van der Waals surface area contributed by atoms with Crippen LogP contribution < -0.4 is 0 Å². The molecule has 0 aromatic heterocycles. The Morgan fingerprint density at radius 3 is 1.88 bits per heavy atom. The maximum absolute atomic E-state index is 12.6. The van der Waals surface area contributed by atoms with Crippen LogP contribution in [0, 0.1) is 11.2 Å². The van der Waals surface area contributed by atoms with Crippen molar-refractivity contribution in [3.05, 3.63) is 33.0 Å². The van der Waals surface area contributed by atoms with Gasteiger partial charge in [0.2, 0.25) is 5.39 Å². The average Bonchev–Trinajstić information content (AvgIpc) is 2.08. The van der Waals surface area contributed by atoms with Crippen molar-refractivity contribution in [3.8, 4) is 0 Å². The van der Waals surface area contributed by atoms with Crippen LogP contribution in [0.1, 0.15) is 0 Å². The monoisotopic (exact) mass is 278 g/mol. The first-order chi connectivity index (χ1) is 7.15. The lowest BCUT2D eigenvalue weighted by Crippen LogP contribution is -2.02. The van der Waals surface area contributed by atoms with E-state index in [1.54, 1.807) is 0 Å². The largest absolute Gasteiger partial charge is 0.673 e. The number of benzene rings is 1. The Labute approximate surface area is 96.7 Å². The van der Waals surface area contributed by atoms with Crippen molar-refractivity contribution in [3.63, 3.8) is 0 Å². The molecule has 1 aromatic carbocycles. The molecule has 88 valence electrons. The van der Waals surface area contributed by atoms with E-state index in [9.17, 15) is 21.7 Å². The maximum atomic E-state index is 12.6. The van der Waals surface area contributed by atoms with Gasteiger partial charge in [0.1, 0.15) is 10.8 Å².